The SMILES string of the molecule is C/C=C\C=C/c1cn(-c2cccc(C=O)n2)c2ccccc12. The Bertz CT molecular complexity index is 872. The minimum Gasteiger partial charge on any atom is -0.301 e. The number of rotatable bonds is 4. The largest absolute Gasteiger partial charge is 0.301 e. The van der Waals surface area contributed by atoms with Crippen molar-refractivity contribution < 1.29 is 4.79 Å². The summed E-state index contributed by atoms with van der Waals surface area (Å²) < 4.78 is 2.01. The molecule has 0 saturated carbocycles. The first-order valence-corrected chi connectivity index (χ1v) is 7.15. The zero-order chi connectivity index (χ0) is 15.4. The van der Waals surface area contributed by atoms with Crippen LogP contribution in [0.15, 0.2) is 66.9 Å². The van der Waals surface area contributed by atoms with Gasteiger partial charge in [0, 0.05) is 17.1 Å². The number of benzene rings is 1. The van der Waals surface area contributed by atoms with Crippen molar-refractivity contribution in [1.29, 1.82) is 0 Å². The second-order valence-corrected chi connectivity index (χ2v) is 4.89. The third-order valence-electron chi connectivity index (χ3n) is 3.45. The number of pyridine rings is 1. The van der Waals surface area contributed by atoms with Crippen molar-refractivity contribution in [2.24, 2.45) is 0 Å². The second kappa shape index (κ2) is 6.22. The number of hydrogen-bond donors (Lipinski definition) is 0. The van der Waals surface area contributed by atoms with Gasteiger partial charge in [-0.15, -0.1) is 0 Å². The minimum absolute atomic E-state index is 0.432. The van der Waals surface area contributed by atoms with Crippen LogP contribution in [0.1, 0.15) is 23.0 Å². The number of fused-ring (bicyclic) bond motifs is 1. The number of nitrogens with zero attached hydrogens (tertiary/aromatic N) is 2. The van der Waals surface area contributed by atoms with Crippen molar-refractivity contribution in [3.63, 3.8) is 0 Å². The summed E-state index contributed by atoms with van der Waals surface area (Å²) in [5.41, 5.74) is 2.62. The van der Waals surface area contributed by atoms with E-state index < -0.39 is 0 Å². The van der Waals surface area contributed by atoms with Gasteiger partial charge in [0.1, 0.15) is 11.5 Å². The third kappa shape index (κ3) is 2.61. The molecule has 0 amide bonds. The van der Waals surface area contributed by atoms with Gasteiger partial charge in [0.2, 0.25) is 0 Å². The van der Waals surface area contributed by atoms with Crippen LogP contribution in [0.4, 0.5) is 0 Å². The van der Waals surface area contributed by atoms with E-state index in [4.69, 9.17) is 0 Å². The fraction of sp³-hybridized carbons (Fsp3) is 0.0526. The molecule has 2 heterocycles. The molecule has 0 saturated heterocycles. The molecule has 0 unspecified atom stereocenters. The molecule has 1 aromatic carbocycles. The monoisotopic (exact) mass is 288 g/mol. The normalized spacial score (nSPS) is 11.7. The van der Waals surface area contributed by atoms with E-state index in [1.165, 1.54) is 0 Å². The van der Waals surface area contributed by atoms with Gasteiger partial charge in [-0.2, -0.15) is 0 Å². The van der Waals surface area contributed by atoms with Crippen LogP contribution in [0.3, 0.4) is 0 Å². The van der Waals surface area contributed by atoms with Gasteiger partial charge in [-0.1, -0.05) is 48.6 Å². The topological polar surface area (TPSA) is 34.9 Å². The Morgan fingerprint density at radius 3 is 2.73 bits per heavy atom. The van der Waals surface area contributed by atoms with Crippen LogP contribution in [-0.2, 0) is 0 Å². The van der Waals surface area contributed by atoms with Crippen LogP contribution < -0.4 is 0 Å². The molecule has 0 N–H and O–H groups in total. The summed E-state index contributed by atoms with van der Waals surface area (Å²) in [6.07, 6.45) is 10.9. The van der Waals surface area contributed by atoms with E-state index in [1.54, 1.807) is 6.07 Å². The van der Waals surface area contributed by atoms with E-state index >= 15 is 0 Å². The van der Waals surface area contributed by atoms with Crippen molar-refractivity contribution in [3.8, 4) is 5.82 Å². The van der Waals surface area contributed by atoms with Crippen LogP contribution in [-0.4, -0.2) is 15.8 Å². The Morgan fingerprint density at radius 1 is 1.05 bits per heavy atom. The first-order valence-electron chi connectivity index (χ1n) is 7.15. The molecule has 0 fully saturated rings. The Hall–Kier alpha value is -2.94. The average molecular weight is 288 g/mol. The number of hydrogen-bond acceptors (Lipinski definition) is 2. The Balaban J connectivity index is 2.19. The van der Waals surface area contributed by atoms with Crippen LogP contribution in [0.2, 0.25) is 0 Å². The first kappa shape index (κ1) is 14.0. The molecule has 0 radical (unpaired) electrons. The molecule has 0 atom stereocenters. The Morgan fingerprint density at radius 2 is 1.91 bits per heavy atom. The van der Waals surface area contributed by atoms with Gasteiger partial charge in [-0.25, -0.2) is 4.98 Å². The van der Waals surface area contributed by atoms with Gasteiger partial charge in [-0.05, 0) is 25.1 Å². The standard InChI is InChI=1S/C19H16N2O/c1-2-3-4-8-15-13-21(18-11-6-5-10-17(15)18)19-12-7-9-16(14-22)20-19/h2-14H,1H3/b3-2-,8-4-. The molecule has 0 spiro atoms. The summed E-state index contributed by atoms with van der Waals surface area (Å²) in [6, 6.07) is 13.6. The number of allylic oxidation sites excluding steroid dienone is 3. The average Bonchev–Trinajstić information content (AvgIpc) is 2.94. The molecule has 0 aliphatic rings. The van der Waals surface area contributed by atoms with E-state index in [0.717, 1.165) is 28.6 Å². The van der Waals surface area contributed by atoms with Gasteiger partial charge in [-0.3, -0.25) is 4.79 Å². The van der Waals surface area contributed by atoms with Crippen molar-refractivity contribution >= 4 is 23.3 Å². The zero-order valence-electron chi connectivity index (χ0n) is 12.3. The molecule has 0 aliphatic heterocycles. The van der Waals surface area contributed by atoms with Gasteiger partial charge in [0.25, 0.3) is 0 Å². The van der Waals surface area contributed by atoms with Crippen molar-refractivity contribution in [2.75, 3.05) is 0 Å². The molecular formula is C19H16N2O. The molecule has 2 aromatic heterocycles. The lowest BCUT2D eigenvalue weighted by atomic mass is 10.1. The highest BCUT2D eigenvalue weighted by Gasteiger charge is 2.08. The lowest BCUT2D eigenvalue weighted by molar-refractivity contribution is 0.111. The fourth-order valence-corrected chi connectivity index (χ4v) is 2.44. The van der Waals surface area contributed by atoms with Gasteiger partial charge < -0.3 is 4.57 Å². The van der Waals surface area contributed by atoms with E-state index in [-0.39, 0.29) is 0 Å². The van der Waals surface area contributed by atoms with Crippen molar-refractivity contribution in [3.05, 3.63) is 78.1 Å². The van der Waals surface area contributed by atoms with Crippen molar-refractivity contribution in [2.45, 2.75) is 6.92 Å². The summed E-state index contributed by atoms with van der Waals surface area (Å²) in [5, 5.41) is 1.15. The summed E-state index contributed by atoms with van der Waals surface area (Å²) in [4.78, 5) is 15.3. The lowest BCUT2D eigenvalue weighted by Gasteiger charge is -2.04. The van der Waals surface area contributed by atoms with Crippen LogP contribution >= 0.6 is 0 Å². The maximum absolute atomic E-state index is 10.9. The number of aldehydes is 1. The lowest BCUT2D eigenvalue weighted by Crippen LogP contribution is -1.98. The van der Waals surface area contributed by atoms with Gasteiger partial charge >= 0.3 is 0 Å². The highest BCUT2D eigenvalue weighted by atomic mass is 16.1. The molecular weight excluding hydrogens is 272 g/mol. The number of aromatic nitrogens is 2. The molecule has 3 rings (SSSR count). The predicted molar refractivity (Wildman–Crippen MR) is 90.3 cm³/mol. The molecule has 3 heteroatoms. The van der Waals surface area contributed by atoms with Crippen molar-refractivity contribution in [1.82, 2.24) is 9.55 Å². The molecule has 0 bridgehead atoms. The van der Waals surface area contributed by atoms with Crippen LogP contribution in [0.5, 0.6) is 0 Å². The molecule has 3 aromatic rings. The van der Waals surface area contributed by atoms with Crippen LogP contribution in [0.25, 0.3) is 22.8 Å². The number of para-hydroxylation sites is 1. The summed E-state index contributed by atoms with van der Waals surface area (Å²) >= 11 is 0. The number of carbonyl (C=O) groups excluding carboxylic acids is 1. The van der Waals surface area contributed by atoms with E-state index in [2.05, 4.69) is 23.2 Å². The highest BCUT2D eigenvalue weighted by Crippen LogP contribution is 2.25. The van der Waals surface area contributed by atoms with E-state index in [0.29, 0.717) is 5.69 Å². The maximum atomic E-state index is 10.9. The molecule has 108 valence electrons. The summed E-state index contributed by atoms with van der Waals surface area (Å²) in [5.74, 6) is 0.742. The third-order valence-corrected chi connectivity index (χ3v) is 3.45. The summed E-state index contributed by atoms with van der Waals surface area (Å²) in [7, 11) is 0. The van der Waals surface area contributed by atoms with E-state index in [9.17, 15) is 4.79 Å². The quantitative estimate of drug-likeness (QED) is 0.526. The van der Waals surface area contributed by atoms with E-state index in [1.807, 2.05) is 60.2 Å². The second-order valence-electron chi connectivity index (χ2n) is 4.89. The van der Waals surface area contributed by atoms with Gasteiger partial charge in [0.05, 0.1) is 5.52 Å². The predicted octanol–water partition coefficient (Wildman–Crippen LogP) is 4.43. The molecule has 22 heavy (non-hydrogen) atoms. The summed E-state index contributed by atoms with van der Waals surface area (Å²) in [6.45, 7) is 1.99. The van der Waals surface area contributed by atoms with Gasteiger partial charge in [0.15, 0.2) is 6.29 Å². The smallest absolute Gasteiger partial charge is 0.168 e. The first-order chi connectivity index (χ1) is 10.8. The molecule has 3 nitrogen and oxygen atoms in total. The molecule has 0 aliphatic carbocycles. The zero-order valence-corrected chi connectivity index (χ0v) is 12.3. The maximum Gasteiger partial charge on any atom is 0.168 e. The minimum atomic E-state index is 0.432. The highest BCUT2D eigenvalue weighted by molar-refractivity contribution is 5.90. The Labute approximate surface area is 129 Å². The number of carbonyl (C=O) groups is 1. The fourth-order valence-electron chi connectivity index (χ4n) is 2.44. The van der Waals surface area contributed by atoms with Crippen LogP contribution in [0, 0.1) is 0 Å². The Kier molecular flexibility index (Phi) is 3.97.